The third-order valence-electron chi connectivity index (χ3n) is 13.1. The molecular weight excluding hydrogens is 1040 g/mol. The zero-order chi connectivity index (χ0) is 60.3. The number of hydrogen-bond donors (Lipinski definition) is 3. The third kappa shape index (κ3) is 46.4. The molecule has 0 spiro atoms. The monoisotopic (exact) mass is 1150 g/mol. The zero-order valence-corrected chi connectivity index (χ0v) is 51.1. The predicted molar refractivity (Wildman–Crippen MR) is 339 cm³/mol. The summed E-state index contributed by atoms with van der Waals surface area (Å²) in [6.07, 6.45) is 70.6. The second kappa shape index (κ2) is 56.8. The van der Waals surface area contributed by atoms with Crippen molar-refractivity contribution in [3.8, 4) is 0 Å². The molecule has 12 nitrogen and oxygen atoms in total. The van der Waals surface area contributed by atoms with Gasteiger partial charge in [0, 0.05) is 19.3 Å². The van der Waals surface area contributed by atoms with Crippen LogP contribution in [0, 0.1) is 0 Å². The average Bonchev–Trinajstić information content (AvgIpc) is 3.60. The molecule has 0 amide bonds. The molecule has 6 unspecified atom stereocenters. The van der Waals surface area contributed by atoms with Crippen molar-refractivity contribution in [3.63, 3.8) is 0 Å². The third-order valence-corrected chi connectivity index (χ3v) is 13.1. The molecule has 83 heavy (non-hydrogen) atoms. The van der Waals surface area contributed by atoms with Crippen LogP contribution in [0.5, 0.6) is 0 Å². The van der Waals surface area contributed by atoms with E-state index in [-0.39, 0.29) is 25.9 Å². The van der Waals surface area contributed by atoms with Gasteiger partial charge in [-0.15, -0.1) is 0 Å². The van der Waals surface area contributed by atoms with Crippen LogP contribution in [-0.2, 0) is 42.9 Å². The highest BCUT2D eigenvalue weighted by Gasteiger charge is 2.50. The van der Waals surface area contributed by atoms with Gasteiger partial charge in [-0.25, -0.2) is 4.79 Å². The minimum atomic E-state index is -1.93. The van der Waals surface area contributed by atoms with Gasteiger partial charge in [-0.05, 0) is 141 Å². The van der Waals surface area contributed by atoms with Crippen molar-refractivity contribution in [2.45, 2.75) is 250 Å². The summed E-state index contributed by atoms with van der Waals surface area (Å²) in [4.78, 5) is 51.3. The Morgan fingerprint density at radius 2 is 0.723 bits per heavy atom. The number of rotatable bonds is 51. The van der Waals surface area contributed by atoms with Gasteiger partial charge in [-0.2, -0.15) is 0 Å². The maximum atomic E-state index is 13.2. The number of unbranched alkanes of at least 4 members (excludes halogenated alkanes) is 11. The fourth-order valence-electron chi connectivity index (χ4n) is 8.37. The first kappa shape index (κ1) is 75.4. The van der Waals surface area contributed by atoms with E-state index in [1.165, 1.54) is 0 Å². The first-order valence-corrected chi connectivity index (χ1v) is 31.5. The van der Waals surface area contributed by atoms with Gasteiger partial charge < -0.3 is 39.0 Å². The smallest absolute Gasteiger partial charge is 0.335 e. The van der Waals surface area contributed by atoms with Crippen molar-refractivity contribution in [1.82, 2.24) is 0 Å². The van der Waals surface area contributed by atoms with Crippen molar-refractivity contribution >= 4 is 23.9 Å². The molecule has 1 saturated heterocycles. The van der Waals surface area contributed by atoms with Gasteiger partial charge in [-0.1, -0.05) is 211 Å². The van der Waals surface area contributed by atoms with E-state index in [4.69, 9.17) is 23.7 Å². The topological polar surface area (TPSA) is 175 Å². The van der Waals surface area contributed by atoms with E-state index in [1.54, 1.807) is 0 Å². The molecule has 0 bridgehead atoms. The Hall–Kier alpha value is -5.66. The molecule has 3 N–H and O–H groups in total. The standard InChI is InChI=1S/C71H108O12/c1-4-7-10-13-16-19-22-25-28-30-32-34-37-39-42-45-48-51-54-57-63(72)79-60-62(81-64(73)58-55-52-49-46-43-40-36-27-24-21-18-15-12-9-6-3)61-80-71-69(67(76)66(75)68(83-71)70(77)78)82-65(74)59-56-53-50-47-44-41-38-35-33-31-29-26-23-20-17-14-11-8-5-2/h7-12,16-21,25-29,32-36,41,43-44,46,62,66-69,71,75-76H,4-6,13-15,22-24,30-31,37-40,42,45,47-61H2,1-3H3,(H,77,78)/b10-7-,11-8-,12-9-,19-16-,20-17-,21-18-,28-25-,29-26-,34-32-,35-33-,36-27-,44-41-,46-43-. The van der Waals surface area contributed by atoms with Crippen molar-refractivity contribution in [2.24, 2.45) is 0 Å². The maximum absolute atomic E-state index is 13.2. The van der Waals surface area contributed by atoms with Crippen molar-refractivity contribution in [2.75, 3.05) is 13.2 Å². The summed E-state index contributed by atoms with van der Waals surface area (Å²) in [5, 5.41) is 31.6. The molecule has 0 aromatic rings. The first-order valence-electron chi connectivity index (χ1n) is 31.5. The van der Waals surface area contributed by atoms with Crippen LogP contribution in [0.2, 0.25) is 0 Å². The predicted octanol–water partition coefficient (Wildman–Crippen LogP) is 16.9. The number of carboxylic acid groups (broad SMARTS) is 1. The highest BCUT2D eigenvalue weighted by atomic mass is 16.7. The molecule has 0 aliphatic carbocycles. The normalized spacial score (nSPS) is 18.7. The summed E-state index contributed by atoms with van der Waals surface area (Å²) in [6, 6.07) is 0. The van der Waals surface area contributed by atoms with Crippen molar-refractivity contribution in [3.05, 3.63) is 158 Å². The van der Waals surface area contributed by atoms with E-state index in [2.05, 4.69) is 179 Å². The Morgan fingerprint density at radius 3 is 1.13 bits per heavy atom. The van der Waals surface area contributed by atoms with Gasteiger partial charge in [-0.3, -0.25) is 14.4 Å². The lowest BCUT2D eigenvalue weighted by molar-refractivity contribution is -0.301. The molecule has 0 saturated carbocycles. The Bertz CT molecular complexity index is 2050. The number of carbonyl (C=O) groups excluding carboxylic acids is 3. The molecule has 0 aromatic heterocycles. The van der Waals surface area contributed by atoms with Crippen molar-refractivity contribution in [1.29, 1.82) is 0 Å². The Morgan fingerprint density at radius 1 is 0.398 bits per heavy atom. The molecule has 464 valence electrons. The molecule has 0 aromatic carbocycles. The van der Waals surface area contributed by atoms with Crippen LogP contribution in [0.4, 0.5) is 0 Å². The largest absolute Gasteiger partial charge is 0.479 e. The zero-order valence-electron chi connectivity index (χ0n) is 51.1. The molecule has 1 rings (SSSR count). The number of hydrogen-bond acceptors (Lipinski definition) is 11. The van der Waals surface area contributed by atoms with E-state index in [0.29, 0.717) is 19.3 Å². The van der Waals surface area contributed by atoms with Crippen LogP contribution in [0.1, 0.15) is 213 Å². The fraction of sp³-hybridized carbons (Fsp3) is 0.577. The minimum Gasteiger partial charge on any atom is -0.479 e. The molecule has 1 heterocycles. The number of aliphatic carboxylic acids is 1. The van der Waals surface area contributed by atoms with Gasteiger partial charge in [0.15, 0.2) is 24.6 Å². The van der Waals surface area contributed by atoms with Crippen LogP contribution in [-0.4, -0.2) is 89.2 Å². The van der Waals surface area contributed by atoms with Gasteiger partial charge in [0.1, 0.15) is 18.8 Å². The molecule has 6 atom stereocenters. The van der Waals surface area contributed by atoms with Gasteiger partial charge in [0.25, 0.3) is 0 Å². The summed E-state index contributed by atoms with van der Waals surface area (Å²) in [7, 11) is 0. The van der Waals surface area contributed by atoms with Crippen LogP contribution in [0.25, 0.3) is 0 Å². The van der Waals surface area contributed by atoms with Crippen molar-refractivity contribution < 1.29 is 58.2 Å². The lowest BCUT2D eigenvalue weighted by Gasteiger charge is -2.40. The first-order chi connectivity index (χ1) is 40.6. The summed E-state index contributed by atoms with van der Waals surface area (Å²) in [5.74, 6) is -3.27. The number of carboxylic acids is 1. The number of ether oxygens (including phenoxy) is 5. The number of aliphatic hydroxyl groups is 2. The van der Waals surface area contributed by atoms with Crippen LogP contribution >= 0.6 is 0 Å². The Labute approximate surface area is 501 Å². The van der Waals surface area contributed by atoms with Crippen LogP contribution < -0.4 is 0 Å². The molecule has 1 aliphatic heterocycles. The fourth-order valence-corrected chi connectivity index (χ4v) is 8.37. The summed E-state index contributed by atoms with van der Waals surface area (Å²) in [5.41, 5.74) is 0. The molecule has 12 heteroatoms. The Balaban J connectivity index is 2.73. The number of aliphatic hydroxyl groups excluding tert-OH is 2. The summed E-state index contributed by atoms with van der Waals surface area (Å²) < 4.78 is 28.4. The summed E-state index contributed by atoms with van der Waals surface area (Å²) >= 11 is 0. The second-order valence-corrected chi connectivity index (χ2v) is 20.5. The number of allylic oxidation sites excluding steroid dienone is 26. The highest BCUT2D eigenvalue weighted by Crippen LogP contribution is 2.26. The lowest BCUT2D eigenvalue weighted by Crippen LogP contribution is -2.61. The SMILES string of the molecule is CC/C=C\C/C=C\C/C=C\C/C=C\C/C=C\CCCCCC(=O)OC1C(OCC(COC(=O)CCCCCCCC/C=C\C/C=C\C/C=C\C/C=C\CC)OC(=O)CCCC/C=C\C/C=C\C/C=C\C/C=C\CC)OC(C(=O)O)C(O)C1O. The molecular formula is C71H108O12. The van der Waals surface area contributed by atoms with E-state index >= 15 is 0 Å². The highest BCUT2D eigenvalue weighted by molar-refractivity contribution is 5.74. The quantitative estimate of drug-likeness (QED) is 0.0228. The molecule has 1 fully saturated rings. The van der Waals surface area contributed by atoms with E-state index in [9.17, 15) is 34.5 Å². The number of carbonyl (C=O) groups is 4. The van der Waals surface area contributed by atoms with E-state index in [0.717, 1.165) is 154 Å². The molecule has 1 aliphatic rings. The molecule has 0 radical (unpaired) electrons. The Kier molecular flexibility index (Phi) is 51.6. The van der Waals surface area contributed by atoms with E-state index < -0.39 is 67.3 Å². The summed E-state index contributed by atoms with van der Waals surface area (Å²) in [6.45, 7) is 5.58. The maximum Gasteiger partial charge on any atom is 0.335 e. The van der Waals surface area contributed by atoms with Gasteiger partial charge in [0.05, 0.1) is 6.61 Å². The van der Waals surface area contributed by atoms with Gasteiger partial charge >= 0.3 is 23.9 Å². The second-order valence-electron chi connectivity index (χ2n) is 20.5. The average molecular weight is 1150 g/mol. The van der Waals surface area contributed by atoms with Crippen LogP contribution in [0.15, 0.2) is 158 Å². The van der Waals surface area contributed by atoms with Crippen LogP contribution in [0.3, 0.4) is 0 Å². The minimum absolute atomic E-state index is 0.00517. The van der Waals surface area contributed by atoms with E-state index in [1.807, 2.05) is 0 Å². The number of esters is 3. The lowest BCUT2D eigenvalue weighted by atomic mass is 9.98. The van der Waals surface area contributed by atoms with Gasteiger partial charge in [0.2, 0.25) is 0 Å².